The maximum Gasteiger partial charge on any atom is 1.00 e. The van der Waals surface area contributed by atoms with Gasteiger partial charge < -0.3 is 21.1 Å². The fourth-order valence-corrected chi connectivity index (χ4v) is 2.75. The number of esters is 2. The van der Waals surface area contributed by atoms with E-state index in [1.165, 1.54) is 70.5 Å². The number of ketones is 2. The monoisotopic (exact) mass is 564 g/mol. The summed E-state index contributed by atoms with van der Waals surface area (Å²) in [7, 11) is 2.55. The summed E-state index contributed by atoms with van der Waals surface area (Å²) in [6, 6.07) is 18.1. The molecule has 3 rings (SSSR count). The number of aromatic carboxylic acids is 2. The molecular weight excluding hydrogens is 535 g/mol. The van der Waals surface area contributed by atoms with E-state index in [1.54, 1.807) is 30.3 Å². The second kappa shape index (κ2) is 20.3. The molecule has 0 amide bonds. The van der Waals surface area contributed by atoms with Crippen LogP contribution in [0.5, 0.6) is 0 Å². The Labute approximate surface area is 248 Å². The topological polar surface area (TPSA) is 202 Å². The van der Waals surface area contributed by atoms with Crippen LogP contribution in [0.1, 0.15) is 77.4 Å². The number of Topliss-reactive ketones (excluding diaryl/α,β-unsaturated/α-hetero) is 2. The smallest absolute Gasteiger partial charge is 1.00 e. The van der Waals surface area contributed by atoms with Crippen molar-refractivity contribution in [2.45, 2.75) is 13.8 Å². The predicted octanol–water partition coefficient (Wildman–Crippen LogP) is 1.57. The van der Waals surface area contributed by atoms with Crippen molar-refractivity contribution in [2.75, 3.05) is 14.2 Å². The average Bonchev–Trinajstić information content (AvgIpc) is 2.98. The summed E-state index contributed by atoms with van der Waals surface area (Å²) in [5.74, 6) is -3.24. The molecule has 0 bridgehead atoms. The van der Waals surface area contributed by atoms with Gasteiger partial charge in [0.05, 0.1) is 36.5 Å². The Bertz CT molecular complexity index is 1260. The van der Waals surface area contributed by atoms with E-state index >= 15 is 0 Å². The molecule has 0 aliphatic heterocycles. The van der Waals surface area contributed by atoms with Gasteiger partial charge in [0.1, 0.15) is 0 Å². The molecule has 214 valence electrons. The number of carbonyl (C=O) groups is 6. The Hall–Kier alpha value is -4.60. The molecule has 41 heavy (non-hydrogen) atoms. The average molecular weight is 564 g/mol. The molecule has 0 radical (unpaired) electrons. The van der Waals surface area contributed by atoms with Crippen LogP contribution in [0.2, 0.25) is 0 Å². The van der Waals surface area contributed by atoms with Crippen molar-refractivity contribution in [1.29, 1.82) is 0 Å². The van der Waals surface area contributed by atoms with Gasteiger partial charge in [-0.2, -0.15) is 0 Å². The number of carbonyl (C=O) groups excluding carboxylic acids is 4. The maximum absolute atomic E-state index is 11.1. The number of methoxy groups -OCH3 is 2. The first-order valence-corrected chi connectivity index (χ1v) is 11.1. The minimum absolute atomic E-state index is 0. The first-order valence-electron chi connectivity index (χ1n) is 11.1. The van der Waals surface area contributed by atoms with Crippen LogP contribution in [0.25, 0.3) is 0 Å². The predicted molar refractivity (Wildman–Crippen MR) is 142 cm³/mol. The van der Waals surface area contributed by atoms with Gasteiger partial charge in [-0.15, -0.1) is 0 Å². The zero-order valence-electron chi connectivity index (χ0n) is 24.0. The van der Waals surface area contributed by atoms with E-state index in [4.69, 9.17) is 20.7 Å². The van der Waals surface area contributed by atoms with Crippen LogP contribution in [0, 0.1) is 0 Å². The number of carboxylic acid groups (broad SMARTS) is 2. The zero-order valence-corrected chi connectivity index (χ0v) is 23.0. The SMILES string of the molecule is CC(=O)c1cccc(C(=O)O)c1.COC(=O)c1cccc(C(=O)O)c1.COC(=O)c1cccc(C(C)=O)c1.OO.[H-].[Li+]. The largest absolute Gasteiger partial charge is 1.00 e. The Morgan fingerprint density at radius 1 is 0.537 bits per heavy atom. The van der Waals surface area contributed by atoms with Gasteiger partial charge in [0.25, 0.3) is 0 Å². The molecule has 0 spiro atoms. The van der Waals surface area contributed by atoms with Gasteiger partial charge >= 0.3 is 42.7 Å². The van der Waals surface area contributed by atoms with E-state index in [9.17, 15) is 28.8 Å². The van der Waals surface area contributed by atoms with Crippen LogP contribution < -0.4 is 18.9 Å². The molecule has 0 fully saturated rings. The molecule has 12 nitrogen and oxygen atoms in total. The van der Waals surface area contributed by atoms with Gasteiger partial charge in [-0.05, 0) is 56.3 Å². The van der Waals surface area contributed by atoms with Crippen molar-refractivity contribution in [3.63, 3.8) is 0 Å². The Kier molecular flexibility index (Phi) is 19.1. The van der Waals surface area contributed by atoms with Crippen LogP contribution in [0.15, 0.2) is 72.8 Å². The van der Waals surface area contributed by atoms with Crippen molar-refractivity contribution >= 4 is 35.4 Å². The summed E-state index contributed by atoms with van der Waals surface area (Å²) in [6.45, 7) is 2.86. The number of carboxylic acids is 2. The molecule has 0 aromatic heterocycles. The van der Waals surface area contributed by atoms with Crippen molar-refractivity contribution in [3.8, 4) is 0 Å². The summed E-state index contributed by atoms with van der Waals surface area (Å²) in [5, 5.41) is 29.2. The zero-order chi connectivity index (χ0) is 30.8. The van der Waals surface area contributed by atoms with Gasteiger partial charge in [0.15, 0.2) is 11.6 Å². The Morgan fingerprint density at radius 2 is 0.780 bits per heavy atom. The fourth-order valence-electron chi connectivity index (χ4n) is 2.75. The van der Waals surface area contributed by atoms with Crippen molar-refractivity contribution in [1.82, 2.24) is 0 Å². The summed E-state index contributed by atoms with van der Waals surface area (Å²) in [5.41, 5.74) is 1.79. The van der Waals surface area contributed by atoms with Crippen LogP contribution in [-0.2, 0) is 9.47 Å². The third-order valence-corrected chi connectivity index (χ3v) is 4.74. The maximum atomic E-state index is 11.1. The van der Waals surface area contributed by atoms with Gasteiger partial charge in [-0.3, -0.25) is 20.1 Å². The molecule has 0 saturated heterocycles. The molecule has 13 heteroatoms. The van der Waals surface area contributed by atoms with Crippen LogP contribution in [0.3, 0.4) is 0 Å². The van der Waals surface area contributed by atoms with Gasteiger partial charge in [0, 0.05) is 11.1 Å². The molecule has 3 aromatic carbocycles. The first kappa shape index (κ1) is 38.5. The van der Waals surface area contributed by atoms with E-state index in [1.807, 2.05) is 0 Å². The molecule has 0 heterocycles. The first-order chi connectivity index (χ1) is 18.9. The molecule has 0 aliphatic carbocycles. The number of benzene rings is 3. The fraction of sp³-hybridized carbons (Fsp3) is 0.143. The van der Waals surface area contributed by atoms with E-state index < -0.39 is 23.9 Å². The van der Waals surface area contributed by atoms with Crippen LogP contribution in [-0.4, -0.2) is 70.4 Å². The molecule has 3 aromatic rings. The molecule has 0 atom stereocenters. The summed E-state index contributed by atoms with van der Waals surface area (Å²) < 4.78 is 8.96. The second-order valence-corrected chi connectivity index (χ2v) is 7.45. The number of hydrogen-bond acceptors (Lipinski definition) is 10. The molecule has 0 unspecified atom stereocenters. The normalized spacial score (nSPS) is 8.83. The standard InChI is InChI=1S/C10H10O3.C9H8O4.C9H8O3.Li.H2O2.H/c1-7(11)8-4-3-5-9(6-8)10(12)13-2;1-13-9(12)7-4-2-3-6(5-7)8(10)11;1-6(10)7-3-2-4-8(5-7)9(11)12;;1-2;/h3-6H,1-2H3;2-5H,1H3,(H,10,11);2-5H,1H3,(H,11,12);;1-2H;/q;;;+1;;-1. The van der Waals surface area contributed by atoms with Gasteiger partial charge in [-0.1, -0.05) is 30.3 Å². The van der Waals surface area contributed by atoms with Crippen LogP contribution in [0.4, 0.5) is 0 Å². The van der Waals surface area contributed by atoms with Gasteiger partial charge in [0.2, 0.25) is 0 Å². The minimum atomic E-state index is -1.06. The quantitative estimate of drug-likeness (QED) is 0.111. The third kappa shape index (κ3) is 13.8. The van der Waals surface area contributed by atoms with Crippen LogP contribution >= 0.6 is 0 Å². The second-order valence-electron chi connectivity index (χ2n) is 7.45. The van der Waals surface area contributed by atoms with Crippen molar-refractivity contribution in [3.05, 3.63) is 106 Å². The molecular formula is C28H29LiO12. The Balaban J connectivity index is -0.000000515. The summed E-state index contributed by atoms with van der Waals surface area (Å²) in [6.07, 6.45) is 0. The van der Waals surface area contributed by atoms with Crippen molar-refractivity contribution < 1.29 is 79.3 Å². The minimum Gasteiger partial charge on any atom is -1.00 e. The Morgan fingerprint density at radius 3 is 1.05 bits per heavy atom. The molecule has 0 aliphatic rings. The molecule has 4 N–H and O–H groups in total. The van der Waals surface area contributed by atoms with E-state index in [0.29, 0.717) is 16.7 Å². The number of ether oxygens (including phenoxy) is 2. The molecule has 0 saturated carbocycles. The summed E-state index contributed by atoms with van der Waals surface area (Å²) in [4.78, 5) is 64.8. The number of hydrogen-bond donors (Lipinski definition) is 4. The van der Waals surface area contributed by atoms with E-state index in [-0.39, 0.29) is 48.5 Å². The number of rotatable bonds is 6. The van der Waals surface area contributed by atoms with E-state index in [2.05, 4.69) is 9.47 Å². The summed E-state index contributed by atoms with van der Waals surface area (Å²) >= 11 is 0. The van der Waals surface area contributed by atoms with Crippen molar-refractivity contribution in [2.24, 2.45) is 0 Å². The third-order valence-electron chi connectivity index (χ3n) is 4.74. The van der Waals surface area contributed by atoms with Gasteiger partial charge in [-0.25, -0.2) is 19.2 Å². The van der Waals surface area contributed by atoms with E-state index in [0.717, 1.165) is 0 Å².